The molecule has 3 rings (SSSR count). The maximum absolute atomic E-state index is 12.5. The van der Waals surface area contributed by atoms with Crippen molar-refractivity contribution in [2.24, 2.45) is 0 Å². The minimum Gasteiger partial charge on any atom is -0.378 e. The Balaban J connectivity index is 1.85. The number of halogens is 4. The van der Waals surface area contributed by atoms with Crippen molar-refractivity contribution in [2.45, 2.75) is 10.4 Å². The van der Waals surface area contributed by atoms with Gasteiger partial charge >= 0.3 is 16.3 Å². The van der Waals surface area contributed by atoms with Crippen LogP contribution in [-0.4, -0.2) is 13.6 Å². The van der Waals surface area contributed by atoms with Gasteiger partial charge in [-0.05, 0) is 36.4 Å². The van der Waals surface area contributed by atoms with Crippen molar-refractivity contribution in [1.29, 1.82) is 0 Å². The van der Waals surface area contributed by atoms with Crippen LogP contribution in [0.15, 0.2) is 51.2 Å². The van der Waals surface area contributed by atoms with E-state index in [1.165, 1.54) is 36.4 Å². The number of nitrogens with zero attached hydrogens (tertiary/aromatic N) is 1. The molecule has 1 aromatic carbocycles. The molecule has 132 valence electrons. The fourth-order valence-electron chi connectivity index (χ4n) is 1.78. The van der Waals surface area contributed by atoms with Gasteiger partial charge in [0.15, 0.2) is 4.21 Å². The number of rotatable bonds is 4. The van der Waals surface area contributed by atoms with Crippen LogP contribution in [0.4, 0.5) is 13.2 Å². The topological polar surface area (TPSA) is 69.4 Å². The molecular weight excluding hydrogens is 403 g/mol. The first-order valence-electron chi connectivity index (χ1n) is 6.49. The Morgan fingerprint density at radius 2 is 1.80 bits per heavy atom. The predicted molar refractivity (Wildman–Crippen MR) is 84.1 cm³/mol. The summed E-state index contributed by atoms with van der Waals surface area (Å²) in [5.41, 5.74) is -0.120. The third-order valence-corrected chi connectivity index (χ3v) is 5.95. The van der Waals surface area contributed by atoms with E-state index in [2.05, 4.69) is 9.68 Å². The molecule has 0 radical (unpaired) electrons. The lowest BCUT2D eigenvalue weighted by Crippen LogP contribution is -2.07. The minimum absolute atomic E-state index is 0.0557. The summed E-state index contributed by atoms with van der Waals surface area (Å²) in [6, 6.07) is 8.90. The average Bonchev–Trinajstić information content (AvgIpc) is 3.17. The largest absolute Gasteiger partial charge is 0.452 e. The van der Waals surface area contributed by atoms with Gasteiger partial charge in [-0.3, -0.25) is 0 Å². The summed E-state index contributed by atoms with van der Waals surface area (Å²) < 4.78 is 71.0. The maximum atomic E-state index is 12.5. The van der Waals surface area contributed by atoms with Crippen LogP contribution in [0.2, 0.25) is 5.02 Å². The quantitative estimate of drug-likeness (QED) is 0.576. The van der Waals surface area contributed by atoms with E-state index < -0.39 is 22.1 Å². The van der Waals surface area contributed by atoms with Gasteiger partial charge in [0, 0.05) is 11.1 Å². The summed E-state index contributed by atoms with van der Waals surface area (Å²) in [6.45, 7) is 0. The molecule has 2 heterocycles. The maximum Gasteiger partial charge on any atom is 0.452 e. The monoisotopic (exact) mass is 409 g/mol. The van der Waals surface area contributed by atoms with Crippen molar-refractivity contribution in [1.82, 2.24) is 5.16 Å². The summed E-state index contributed by atoms with van der Waals surface area (Å²) in [6.07, 6.45) is -4.67. The summed E-state index contributed by atoms with van der Waals surface area (Å²) in [5.74, 6) is -1.21. The number of aromatic nitrogens is 1. The summed E-state index contributed by atoms with van der Waals surface area (Å²) >= 11 is 6.42. The van der Waals surface area contributed by atoms with Crippen LogP contribution in [0.1, 0.15) is 5.76 Å². The fraction of sp³-hybridized carbons (Fsp3) is 0.0714. The van der Waals surface area contributed by atoms with Crippen LogP contribution < -0.4 is 4.18 Å². The predicted octanol–water partition coefficient (Wildman–Crippen LogP) is 4.84. The van der Waals surface area contributed by atoms with Crippen molar-refractivity contribution in [2.75, 3.05) is 0 Å². The summed E-state index contributed by atoms with van der Waals surface area (Å²) in [7, 11) is -4.14. The number of alkyl halides is 3. The highest BCUT2D eigenvalue weighted by molar-refractivity contribution is 7.89. The fourth-order valence-corrected chi connectivity index (χ4v) is 4.05. The SMILES string of the molecule is O=S(=O)(Oc1ccc(Cl)cc1)c1ccc(-c2cc(C(F)(F)F)on2)s1. The standard InChI is InChI=1S/C14H7ClF3NO4S2/c15-8-1-3-9(4-2-8)23-25(20,21)13-6-5-11(24-13)10-7-12(22-19-10)14(16,17)18/h1-7H. The lowest BCUT2D eigenvalue weighted by molar-refractivity contribution is -0.155. The van der Waals surface area contributed by atoms with Crippen molar-refractivity contribution in [3.05, 3.63) is 53.2 Å². The Hall–Kier alpha value is -2.04. The molecule has 3 aromatic rings. The van der Waals surface area contributed by atoms with Gasteiger partial charge in [-0.2, -0.15) is 21.6 Å². The number of benzene rings is 1. The van der Waals surface area contributed by atoms with E-state index >= 15 is 0 Å². The molecule has 0 unspecified atom stereocenters. The zero-order valence-corrected chi connectivity index (χ0v) is 14.3. The third-order valence-electron chi connectivity index (χ3n) is 2.89. The Bertz CT molecular complexity index is 994. The van der Waals surface area contributed by atoms with E-state index in [1.807, 2.05) is 0 Å². The molecule has 0 saturated heterocycles. The molecule has 0 bridgehead atoms. The smallest absolute Gasteiger partial charge is 0.378 e. The zero-order chi connectivity index (χ0) is 18.2. The van der Waals surface area contributed by atoms with Crippen LogP contribution in [0, 0.1) is 0 Å². The molecule has 0 saturated carbocycles. The second-order valence-electron chi connectivity index (χ2n) is 4.68. The van der Waals surface area contributed by atoms with Crippen LogP contribution in [-0.2, 0) is 16.3 Å². The Labute approximate surface area is 148 Å². The Kier molecular flexibility index (Phi) is 4.52. The zero-order valence-electron chi connectivity index (χ0n) is 12.0. The first-order valence-corrected chi connectivity index (χ1v) is 9.09. The molecule has 0 aliphatic rings. The molecule has 2 aromatic heterocycles. The number of hydrogen-bond donors (Lipinski definition) is 0. The van der Waals surface area contributed by atoms with Crippen LogP contribution in [0.5, 0.6) is 5.75 Å². The van der Waals surface area contributed by atoms with Gasteiger partial charge in [0.2, 0.25) is 5.76 Å². The molecular formula is C14H7ClF3NO4S2. The van der Waals surface area contributed by atoms with Crippen molar-refractivity contribution in [3.63, 3.8) is 0 Å². The van der Waals surface area contributed by atoms with E-state index in [0.717, 1.165) is 0 Å². The third kappa shape index (κ3) is 3.97. The van der Waals surface area contributed by atoms with Crippen LogP contribution in [0.25, 0.3) is 10.6 Å². The van der Waals surface area contributed by atoms with Crippen LogP contribution >= 0.6 is 22.9 Å². The Morgan fingerprint density at radius 1 is 1.12 bits per heavy atom. The summed E-state index contributed by atoms with van der Waals surface area (Å²) in [5, 5.41) is 3.72. The Morgan fingerprint density at radius 3 is 2.40 bits per heavy atom. The lowest BCUT2D eigenvalue weighted by atomic mass is 10.3. The minimum atomic E-state index is -4.67. The molecule has 25 heavy (non-hydrogen) atoms. The average molecular weight is 410 g/mol. The van der Waals surface area contributed by atoms with Gasteiger partial charge in [0.05, 0.1) is 4.88 Å². The highest BCUT2D eigenvalue weighted by atomic mass is 35.5. The van der Waals surface area contributed by atoms with E-state index in [-0.39, 0.29) is 20.5 Å². The highest BCUT2D eigenvalue weighted by Crippen LogP contribution is 2.36. The molecule has 0 atom stereocenters. The number of thiophene rings is 1. The van der Waals surface area contributed by atoms with Gasteiger partial charge in [-0.1, -0.05) is 16.8 Å². The van der Waals surface area contributed by atoms with Gasteiger partial charge in [-0.25, -0.2) is 0 Å². The molecule has 5 nitrogen and oxygen atoms in total. The highest BCUT2D eigenvalue weighted by Gasteiger charge is 2.36. The summed E-state index contributed by atoms with van der Waals surface area (Å²) in [4.78, 5) is 0.192. The van der Waals surface area contributed by atoms with Gasteiger partial charge in [-0.15, -0.1) is 11.3 Å². The van der Waals surface area contributed by atoms with E-state index in [9.17, 15) is 21.6 Å². The van der Waals surface area contributed by atoms with Crippen molar-refractivity contribution in [3.8, 4) is 16.3 Å². The van der Waals surface area contributed by atoms with Crippen LogP contribution in [0.3, 0.4) is 0 Å². The number of hydrogen-bond acceptors (Lipinski definition) is 6. The van der Waals surface area contributed by atoms with Gasteiger partial charge in [0.25, 0.3) is 0 Å². The molecule has 0 aliphatic carbocycles. The first kappa shape index (κ1) is 17.8. The van der Waals surface area contributed by atoms with Gasteiger partial charge < -0.3 is 8.71 Å². The molecule has 0 N–H and O–H groups in total. The van der Waals surface area contributed by atoms with E-state index in [1.54, 1.807) is 0 Å². The molecule has 0 aliphatic heterocycles. The normalized spacial score (nSPS) is 12.3. The lowest BCUT2D eigenvalue weighted by Gasteiger charge is -2.04. The molecule has 0 spiro atoms. The van der Waals surface area contributed by atoms with Gasteiger partial charge in [0.1, 0.15) is 11.4 Å². The molecule has 0 amide bonds. The first-order chi connectivity index (χ1) is 11.6. The van der Waals surface area contributed by atoms with Crippen molar-refractivity contribution >= 4 is 33.1 Å². The molecule has 11 heteroatoms. The van der Waals surface area contributed by atoms with E-state index in [4.69, 9.17) is 15.8 Å². The van der Waals surface area contributed by atoms with E-state index in [0.29, 0.717) is 22.4 Å². The van der Waals surface area contributed by atoms with Crippen molar-refractivity contribution < 1.29 is 30.3 Å². The second-order valence-corrected chi connectivity index (χ2v) is 7.98. The molecule has 0 fully saturated rings. The second kappa shape index (κ2) is 6.36.